The van der Waals surface area contributed by atoms with Crippen molar-refractivity contribution in [3.8, 4) is 0 Å². The molecule has 1 aromatic rings. The number of benzene rings is 1. The zero-order chi connectivity index (χ0) is 21.0. The molecule has 5 heteroatoms. The lowest BCUT2D eigenvalue weighted by Gasteiger charge is -2.49. The predicted molar refractivity (Wildman–Crippen MR) is 113 cm³/mol. The van der Waals surface area contributed by atoms with E-state index in [1.807, 2.05) is 0 Å². The van der Waals surface area contributed by atoms with Crippen LogP contribution in [0.1, 0.15) is 88.9 Å². The van der Waals surface area contributed by atoms with E-state index in [0.29, 0.717) is 5.92 Å². The van der Waals surface area contributed by atoms with Crippen LogP contribution in [0.3, 0.4) is 0 Å². The van der Waals surface area contributed by atoms with Crippen molar-refractivity contribution < 1.29 is 19.1 Å². The average Bonchev–Trinajstić information content (AvgIpc) is 2.56. The molecule has 152 valence electrons. The van der Waals surface area contributed by atoms with Gasteiger partial charge in [-0.3, -0.25) is 0 Å². The first-order chi connectivity index (χ1) is 12.4. The fourth-order valence-corrected chi connectivity index (χ4v) is 10.7. The lowest BCUT2D eigenvalue weighted by Crippen LogP contribution is -2.55. The molecule has 4 nitrogen and oxygen atoms in total. The van der Waals surface area contributed by atoms with Crippen LogP contribution in [-0.4, -0.2) is 25.4 Å². The Balaban J connectivity index is 3.38. The highest BCUT2D eigenvalue weighted by atomic mass is 28.4. The van der Waals surface area contributed by atoms with E-state index >= 15 is 0 Å². The minimum atomic E-state index is -2.59. The molecule has 1 rings (SSSR count). The third-order valence-corrected chi connectivity index (χ3v) is 12.1. The molecule has 0 unspecified atom stereocenters. The van der Waals surface area contributed by atoms with Gasteiger partial charge in [-0.05, 0) is 40.6 Å². The molecule has 1 N–H and O–H groups in total. The molecule has 0 heterocycles. The third-order valence-electron chi connectivity index (χ3n) is 5.76. The molecule has 0 aliphatic heterocycles. The second kappa shape index (κ2) is 9.05. The maximum absolute atomic E-state index is 13.1. The molecular formula is C22H36O4Si. The van der Waals surface area contributed by atoms with Gasteiger partial charge in [0.15, 0.2) is 0 Å². The molecule has 0 saturated carbocycles. The monoisotopic (exact) mass is 392 g/mol. The maximum Gasteiger partial charge on any atom is 0.336 e. The van der Waals surface area contributed by atoms with E-state index in [-0.39, 0.29) is 27.2 Å². The highest BCUT2D eigenvalue weighted by Crippen LogP contribution is 2.54. The summed E-state index contributed by atoms with van der Waals surface area (Å²) in [7, 11) is -2.59. The molecule has 0 aromatic heterocycles. The number of rotatable bonds is 9. The molecule has 0 spiro atoms. The Hall–Kier alpha value is -1.62. The molecule has 0 atom stereocenters. The zero-order valence-corrected chi connectivity index (χ0v) is 19.1. The number of carboxylic acids is 1. The third kappa shape index (κ3) is 5.01. The van der Waals surface area contributed by atoms with Gasteiger partial charge in [0.2, 0.25) is 0 Å². The molecule has 0 aliphatic carbocycles. The summed E-state index contributed by atoms with van der Waals surface area (Å²) in [6.45, 7) is 17.4. The fourth-order valence-electron chi connectivity index (χ4n) is 4.50. The number of hydrogen-bond acceptors (Lipinski definition) is 3. The molecule has 0 amide bonds. The van der Waals surface area contributed by atoms with E-state index in [2.05, 4.69) is 55.4 Å². The van der Waals surface area contributed by atoms with Gasteiger partial charge in [0.25, 0.3) is 8.32 Å². The van der Waals surface area contributed by atoms with E-state index in [0.717, 1.165) is 12.8 Å². The Labute approximate surface area is 165 Å². The summed E-state index contributed by atoms with van der Waals surface area (Å²) in [4.78, 5) is 24.7. The summed E-state index contributed by atoms with van der Waals surface area (Å²) in [5.74, 6) is -1.03. The van der Waals surface area contributed by atoms with Gasteiger partial charge in [0, 0.05) is 0 Å². The topological polar surface area (TPSA) is 63.6 Å². The van der Waals surface area contributed by atoms with Crippen LogP contribution in [0.5, 0.6) is 0 Å². The van der Waals surface area contributed by atoms with Crippen LogP contribution in [0.2, 0.25) is 16.1 Å². The van der Waals surface area contributed by atoms with E-state index in [4.69, 9.17) is 4.43 Å². The number of hydrogen-bond donors (Lipinski definition) is 1. The molecule has 1 aromatic carbocycles. The van der Waals surface area contributed by atoms with Crippen LogP contribution in [0, 0.1) is 5.92 Å². The normalized spacial score (nSPS) is 12.7. The van der Waals surface area contributed by atoms with E-state index in [1.54, 1.807) is 18.2 Å². The van der Waals surface area contributed by atoms with Crippen molar-refractivity contribution in [3.63, 3.8) is 0 Å². The van der Waals surface area contributed by atoms with Crippen LogP contribution in [0.15, 0.2) is 24.3 Å². The highest BCUT2D eigenvalue weighted by molar-refractivity contribution is 6.80. The lowest BCUT2D eigenvalue weighted by molar-refractivity contribution is 0.0651. The number of carbonyl (C=O) groups is 2. The lowest BCUT2D eigenvalue weighted by atomic mass is 10.00. The van der Waals surface area contributed by atoms with Crippen LogP contribution < -0.4 is 0 Å². The first kappa shape index (κ1) is 23.4. The van der Waals surface area contributed by atoms with Crippen molar-refractivity contribution in [2.75, 3.05) is 0 Å². The molecule has 27 heavy (non-hydrogen) atoms. The highest BCUT2D eigenvalue weighted by Gasteiger charge is 2.56. The summed E-state index contributed by atoms with van der Waals surface area (Å²) >= 11 is 0. The Bertz CT molecular complexity index is 654. The molecular weight excluding hydrogens is 356 g/mol. The predicted octanol–water partition coefficient (Wildman–Crippen LogP) is 6.52. The molecule has 0 bridgehead atoms. The van der Waals surface area contributed by atoms with Crippen molar-refractivity contribution in [2.24, 2.45) is 5.92 Å². The zero-order valence-electron chi connectivity index (χ0n) is 18.1. The summed E-state index contributed by atoms with van der Waals surface area (Å²) in [5.41, 5.74) is 0.585. The van der Waals surface area contributed by atoms with E-state index in [9.17, 15) is 14.7 Å². The van der Waals surface area contributed by atoms with Crippen molar-refractivity contribution in [2.45, 2.75) is 84.4 Å². The van der Waals surface area contributed by atoms with Gasteiger partial charge in [-0.2, -0.15) is 0 Å². The first-order valence-corrected chi connectivity index (χ1v) is 12.0. The number of aromatic carboxylic acids is 1. The van der Waals surface area contributed by atoms with Crippen LogP contribution >= 0.6 is 0 Å². The van der Waals surface area contributed by atoms with Gasteiger partial charge in [-0.1, -0.05) is 73.9 Å². The van der Waals surface area contributed by atoms with Crippen molar-refractivity contribution in [3.05, 3.63) is 35.4 Å². The Morgan fingerprint density at radius 3 is 1.89 bits per heavy atom. The second-order valence-corrected chi connectivity index (χ2v) is 14.6. The quantitative estimate of drug-likeness (QED) is 0.486. The average molecular weight is 393 g/mol. The van der Waals surface area contributed by atoms with E-state index in [1.165, 1.54) is 6.07 Å². The smallest absolute Gasteiger partial charge is 0.336 e. The van der Waals surface area contributed by atoms with Gasteiger partial charge in [0.1, 0.15) is 0 Å². The summed E-state index contributed by atoms with van der Waals surface area (Å²) in [6, 6.07) is 6.31. The minimum Gasteiger partial charge on any atom is -0.514 e. The van der Waals surface area contributed by atoms with Crippen LogP contribution in [0.4, 0.5) is 0 Å². The number of carbonyl (C=O) groups excluding carboxylic acids is 1. The summed E-state index contributed by atoms with van der Waals surface area (Å²) < 4.78 is 6.37. The standard InChI is InChI=1S/C22H36O4Si/c1-15(2)13-14-22(7,8)27(16(3)4,17(5)6)26-21(25)19-12-10-9-11-18(19)20(23)24/h9-12,15-17H,13-14H2,1-8H3,(H,23,24). The van der Waals surface area contributed by atoms with Crippen molar-refractivity contribution in [1.82, 2.24) is 0 Å². The Morgan fingerprint density at radius 1 is 1.00 bits per heavy atom. The molecule has 0 aliphatic rings. The summed E-state index contributed by atoms with van der Waals surface area (Å²) in [5, 5.41) is 9.32. The van der Waals surface area contributed by atoms with Crippen molar-refractivity contribution in [1.29, 1.82) is 0 Å². The van der Waals surface area contributed by atoms with Crippen LogP contribution in [-0.2, 0) is 4.43 Å². The Morgan fingerprint density at radius 2 is 1.48 bits per heavy atom. The van der Waals surface area contributed by atoms with Gasteiger partial charge in [0.05, 0.1) is 11.1 Å². The SMILES string of the molecule is CC(C)CCC(C)(C)[Si](OC(=O)c1ccccc1C(=O)O)(C(C)C)C(C)C. The van der Waals surface area contributed by atoms with Gasteiger partial charge in [-0.15, -0.1) is 0 Å². The maximum atomic E-state index is 13.1. The van der Waals surface area contributed by atoms with E-state index < -0.39 is 20.3 Å². The fraction of sp³-hybridized carbons (Fsp3) is 0.636. The molecule has 0 fully saturated rings. The summed E-state index contributed by atoms with van der Waals surface area (Å²) in [6.07, 6.45) is 2.06. The largest absolute Gasteiger partial charge is 0.514 e. The Kier molecular flexibility index (Phi) is 7.84. The van der Waals surface area contributed by atoms with Gasteiger partial charge < -0.3 is 9.53 Å². The van der Waals surface area contributed by atoms with Gasteiger partial charge in [-0.25, -0.2) is 9.59 Å². The van der Waals surface area contributed by atoms with Crippen molar-refractivity contribution >= 4 is 20.3 Å². The molecule has 0 saturated heterocycles. The second-order valence-electron chi connectivity index (χ2n) is 9.16. The molecule has 0 radical (unpaired) electrons. The van der Waals surface area contributed by atoms with Crippen LogP contribution in [0.25, 0.3) is 0 Å². The first-order valence-electron chi connectivity index (χ1n) is 9.92. The minimum absolute atomic E-state index is 0.00195. The van der Waals surface area contributed by atoms with Gasteiger partial charge >= 0.3 is 11.9 Å². The number of carboxylic acid groups (broad SMARTS) is 1.